The van der Waals surface area contributed by atoms with Crippen molar-refractivity contribution in [2.24, 2.45) is 0 Å². The number of hydrogen-bond acceptors (Lipinski definition) is 5. The van der Waals surface area contributed by atoms with Gasteiger partial charge in [0.1, 0.15) is 11.4 Å². The van der Waals surface area contributed by atoms with E-state index in [0.717, 1.165) is 55.3 Å². The normalized spacial score (nSPS) is 14.3. The summed E-state index contributed by atoms with van der Waals surface area (Å²) in [6, 6.07) is 21.9. The highest BCUT2D eigenvalue weighted by molar-refractivity contribution is 6.04. The molecule has 0 radical (unpaired) electrons. The van der Waals surface area contributed by atoms with Crippen LogP contribution in [0, 0.1) is 6.92 Å². The summed E-state index contributed by atoms with van der Waals surface area (Å²) in [5.74, 6) is 0.600. The van der Waals surface area contributed by atoms with E-state index in [9.17, 15) is 4.79 Å². The number of rotatable bonds is 7. The smallest absolute Gasteiger partial charge is 0.255 e. The van der Waals surface area contributed by atoms with E-state index in [4.69, 9.17) is 9.72 Å². The van der Waals surface area contributed by atoms with Gasteiger partial charge in [0.05, 0.1) is 12.8 Å². The highest BCUT2D eigenvalue weighted by Gasteiger charge is 2.19. The fraction of sp³-hybridized carbons (Fsp3) is 0.286. The summed E-state index contributed by atoms with van der Waals surface area (Å²) in [4.78, 5) is 19.6. The molecule has 1 aliphatic heterocycles. The second-order valence-corrected chi connectivity index (χ2v) is 9.00. The fourth-order valence-electron chi connectivity index (χ4n) is 4.58. The zero-order valence-electron chi connectivity index (χ0n) is 20.2. The quantitative estimate of drug-likeness (QED) is 0.412. The van der Waals surface area contributed by atoms with Crippen LogP contribution in [0.2, 0.25) is 0 Å². The lowest BCUT2D eigenvalue weighted by molar-refractivity contribution is 0.102. The minimum atomic E-state index is -0.131. The number of methoxy groups -OCH3 is 1. The van der Waals surface area contributed by atoms with E-state index in [1.54, 1.807) is 31.4 Å². The van der Waals surface area contributed by atoms with Crippen LogP contribution in [0.1, 0.15) is 34.6 Å². The molecule has 1 amide bonds. The minimum absolute atomic E-state index is 0.131. The SMILES string of the molecule is COc1ccc(C(=O)Nc2ccc(N3CCC(NCc4cn5c(C)cccc5n4)CC3)cc2)cc1. The molecule has 3 heterocycles. The van der Waals surface area contributed by atoms with Crippen LogP contribution in [0.4, 0.5) is 11.4 Å². The summed E-state index contributed by atoms with van der Waals surface area (Å²) in [7, 11) is 1.61. The van der Waals surface area contributed by atoms with Gasteiger partial charge >= 0.3 is 0 Å². The third kappa shape index (κ3) is 5.30. The van der Waals surface area contributed by atoms with E-state index < -0.39 is 0 Å². The molecule has 0 atom stereocenters. The summed E-state index contributed by atoms with van der Waals surface area (Å²) in [6.45, 7) is 4.89. The Morgan fingerprint density at radius 2 is 1.77 bits per heavy atom. The van der Waals surface area contributed by atoms with Gasteiger partial charge in [-0.25, -0.2) is 4.98 Å². The highest BCUT2D eigenvalue weighted by Crippen LogP contribution is 2.23. The Labute approximate surface area is 205 Å². The van der Waals surface area contributed by atoms with Crippen LogP contribution < -0.4 is 20.3 Å². The van der Waals surface area contributed by atoms with Crippen LogP contribution in [0.5, 0.6) is 5.75 Å². The molecule has 4 aromatic rings. The van der Waals surface area contributed by atoms with Gasteiger partial charge in [-0.2, -0.15) is 0 Å². The highest BCUT2D eigenvalue weighted by atomic mass is 16.5. The number of carbonyl (C=O) groups excluding carboxylic acids is 1. The van der Waals surface area contributed by atoms with Crippen LogP contribution >= 0.6 is 0 Å². The molecule has 0 spiro atoms. The molecular weight excluding hydrogens is 438 g/mol. The molecule has 5 rings (SSSR count). The lowest BCUT2D eigenvalue weighted by atomic mass is 10.0. The lowest BCUT2D eigenvalue weighted by Crippen LogP contribution is -2.42. The van der Waals surface area contributed by atoms with Crippen LogP contribution in [0.15, 0.2) is 72.9 Å². The van der Waals surface area contributed by atoms with Crippen molar-refractivity contribution in [3.8, 4) is 5.75 Å². The number of hydrogen-bond donors (Lipinski definition) is 2. The Bertz CT molecular complexity index is 1290. The number of imidazole rings is 1. The van der Waals surface area contributed by atoms with Crippen molar-refractivity contribution < 1.29 is 9.53 Å². The maximum Gasteiger partial charge on any atom is 0.255 e. The Morgan fingerprint density at radius 1 is 1.03 bits per heavy atom. The molecule has 1 saturated heterocycles. The van der Waals surface area contributed by atoms with Gasteiger partial charge in [0, 0.05) is 54.5 Å². The first-order chi connectivity index (χ1) is 17.1. The zero-order chi connectivity index (χ0) is 24.2. The number of fused-ring (bicyclic) bond motifs is 1. The third-order valence-electron chi connectivity index (χ3n) is 6.66. The van der Waals surface area contributed by atoms with E-state index >= 15 is 0 Å². The van der Waals surface area contributed by atoms with Crippen LogP contribution in [0.3, 0.4) is 0 Å². The van der Waals surface area contributed by atoms with Gasteiger partial charge in [-0.3, -0.25) is 4.79 Å². The second-order valence-electron chi connectivity index (χ2n) is 9.00. The van der Waals surface area contributed by atoms with Gasteiger partial charge in [-0.1, -0.05) is 6.07 Å². The molecule has 0 bridgehead atoms. The van der Waals surface area contributed by atoms with E-state index in [-0.39, 0.29) is 5.91 Å². The van der Waals surface area contributed by atoms with Gasteiger partial charge in [-0.05, 0) is 80.4 Å². The van der Waals surface area contributed by atoms with Crippen molar-refractivity contribution in [1.82, 2.24) is 14.7 Å². The Balaban J connectivity index is 1.11. The van der Waals surface area contributed by atoms with Crippen molar-refractivity contribution in [1.29, 1.82) is 0 Å². The van der Waals surface area contributed by atoms with E-state index in [2.05, 4.69) is 51.3 Å². The summed E-state index contributed by atoms with van der Waals surface area (Å²) in [5.41, 5.74) is 5.84. The number of amides is 1. The van der Waals surface area contributed by atoms with Crippen molar-refractivity contribution in [2.75, 3.05) is 30.4 Å². The van der Waals surface area contributed by atoms with Crippen LogP contribution in [-0.2, 0) is 6.54 Å². The van der Waals surface area contributed by atoms with Gasteiger partial charge in [0.2, 0.25) is 0 Å². The number of benzene rings is 2. The predicted octanol–water partition coefficient (Wildman–Crippen LogP) is 4.66. The molecule has 1 aliphatic rings. The molecule has 2 aromatic heterocycles. The maximum atomic E-state index is 12.5. The first kappa shape index (κ1) is 22.9. The van der Waals surface area contributed by atoms with Gasteiger partial charge in [0.15, 0.2) is 0 Å². The van der Waals surface area contributed by atoms with E-state index in [1.807, 2.05) is 24.3 Å². The molecule has 7 nitrogen and oxygen atoms in total. The number of nitrogens with one attached hydrogen (secondary N) is 2. The van der Waals surface area contributed by atoms with Crippen molar-refractivity contribution in [3.05, 3.63) is 89.9 Å². The Kier molecular flexibility index (Phi) is 6.68. The van der Waals surface area contributed by atoms with Crippen molar-refractivity contribution in [2.45, 2.75) is 32.4 Å². The van der Waals surface area contributed by atoms with E-state index in [1.165, 1.54) is 11.4 Å². The van der Waals surface area contributed by atoms with Gasteiger partial charge in [0.25, 0.3) is 5.91 Å². The number of ether oxygens (including phenoxy) is 1. The summed E-state index contributed by atoms with van der Waals surface area (Å²) < 4.78 is 7.29. The molecule has 2 N–H and O–H groups in total. The molecular formula is C28H31N5O2. The molecule has 7 heteroatoms. The lowest BCUT2D eigenvalue weighted by Gasteiger charge is -2.34. The number of aromatic nitrogens is 2. The first-order valence-corrected chi connectivity index (χ1v) is 12.1. The maximum absolute atomic E-state index is 12.5. The predicted molar refractivity (Wildman–Crippen MR) is 139 cm³/mol. The average molecular weight is 470 g/mol. The zero-order valence-corrected chi connectivity index (χ0v) is 20.2. The molecule has 35 heavy (non-hydrogen) atoms. The number of nitrogens with zero attached hydrogens (tertiary/aromatic N) is 3. The Hall–Kier alpha value is -3.84. The number of pyridine rings is 1. The molecule has 2 aromatic carbocycles. The number of carbonyl (C=O) groups is 1. The van der Waals surface area contributed by atoms with E-state index in [0.29, 0.717) is 11.6 Å². The average Bonchev–Trinajstić information content (AvgIpc) is 3.33. The Morgan fingerprint density at radius 3 is 2.46 bits per heavy atom. The first-order valence-electron chi connectivity index (χ1n) is 12.1. The third-order valence-corrected chi connectivity index (χ3v) is 6.66. The molecule has 0 unspecified atom stereocenters. The molecule has 0 aliphatic carbocycles. The molecule has 0 saturated carbocycles. The van der Waals surface area contributed by atoms with Crippen LogP contribution in [0.25, 0.3) is 5.65 Å². The largest absolute Gasteiger partial charge is 0.497 e. The van der Waals surface area contributed by atoms with Crippen LogP contribution in [-0.4, -0.2) is 41.5 Å². The van der Waals surface area contributed by atoms with Gasteiger partial charge < -0.3 is 24.7 Å². The van der Waals surface area contributed by atoms with Crippen molar-refractivity contribution in [3.63, 3.8) is 0 Å². The van der Waals surface area contributed by atoms with Gasteiger partial charge in [-0.15, -0.1) is 0 Å². The molecule has 180 valence electrons. The number of anilines is 2. The standard InChI is InChI=1S/C28H31N5O2/c1-20-4-3-5-27-30-24(19-33(20)27)18-29-22-14-16-32(17-15-22)25-10-8-23(9-11-25)31-28(34)21-6-12-26(35-2)13-7-21/h3-13,19,22,29H,14-18H2,1-2H3,(H,31,34). The number of aryl methyl sites for hydroxylation is 1. The summed E-state index contributed by atoms with van der Waals surface area (Å²) in [6.07, 6.45) is 4.30. The van der Waals surface area contributed by atoms with Crippen molar-refractivity contribution >= 4 is 22.9 Å². The summed E-state index contributed by atoms with van der Waals surface area (Å²) in [5, 5.41) is 6.65. The monoisotopic (exact) mass is 469 g/mol. The topological polar surface area (TPSA) is 70.9 Å². The summed E-state index contributed by atoms with van der Waals surface area (Å²) >= 11 is 0. The fourth-order valence-corrected chi connectivity index (χ4v) is 4.58. The minimum Gasteiger partial charge on any atom is -0.497 e. The number of piperidine rings is 1. The molecule has 1 fully saturated rings. The second kappa shape index (κ2) is 10.2.